The van der Waals surface area contributed by atoms with Crippen LogP contribution in [0.1, 0.15) is 17.3 Å². The molecule has 140 valence electrons. The van der Waals surface area contributed by atoms with Crippen molar-refractivity contribution in [2.75, 3.05) is 45.9 Å². The zero-order chi connectivity index (χ0) is 17.2. The number of ether oxygens (including phenoxy) is 1. The number of hydrogen-bond donors (Lipinski definition) is 1. The van der Waals surface area contributed by atoms with E-state index in [2.05, 4.69) is 5.32 Å². The van der Waals surface area contributed by atoms with Crippen LogP contribution in [0.15, 0.2) is 29.2 Å². The molecule has 25 heavy (non-hydrogen) atoms. The molecule has 9 heteroatoms. The van der Waals surface area contributed by atoms with Gasteiger partial charge in [-0.25, -0.2) is 8.42 Å². The molecule has 2 aliphatic heterocycles. The van der Waals surface area contributed by atoms with Gasteiger partial charge in [0.05, 0.1) is 18.1 Å². The van der Waals surface area contributed by atoms with Gasteiger partial charge in [-0.2, -0.15) is 4.31 Å². The van der Waals surface area contributed by atoms with E-state index in [1.54, 1.807) is 23.1 Å². The third kappa shape index (κ3) is 4.32. The number of halogens is 1. The molecule has 0 bridgehead atoms. The molecule has 1 aromatic rings. The molecule has 0 saturated carbocycles. The highest BCUT2D eigenvalue weighted by Crippen LogP contribution is 2.20. The van der Waals surface area contributed by atoms with Gasteiger partial charge >= 0.3 is 0 Å². The summed E-state index contributed by atoms with van der Waals surface area (Å²) in [6.07, 6.45) is 0. The number of piperazine rings is 1. The zero-order valence-electron chi connectivity index (χ0n) is 14.2. The maximum Gasteiger partial charge on any atom is 0.254 e. The van der Waals surface area contributed by atoms with Gasteiger partial charge in [-0.3, -0.25) is 4.79 Å². The normalized spacial score (nSPS) is 22.3. The molecule has 1 N–H and O–H groups in total. The van der Waals surface area contributed by atoms with Gasteiger partial charge < -0.3 is 15.0 Å². The summed E-state index contributed by atoms with van der Waals surface area (Å²) >= 11 is 0. The fraction of sp³-hybridized carbons (Fsp3) is 0.562. The van der Waals surface area contributed by atoms with Crippen molar-refractivity contribution >= 4 is 28.3 Å². The van der Waals surface area contributed by atoms with E-state index >= 15 is 0 Å². The Labute approximate surface area is 154 Å². The van der Waals surface area contributed by atoms with Crippen LogP contribution in [-0.4, -0.2) is 75.5 Å². The van der Waals surface area contributed by atoms with Gasteiger partial charge in [-0.1, -0.05) is 6.07 Å². The van der Waals surface area contributed by atoms with Gasteiger partial charge in [0.1, 0.15) is 0 Å². The van der Waals surface area contributed by atoms with Gasteiger partial charge in [0.15, 0.2) is 0 Å². The largest absolute Gasteiger partial charge is 0.379 e. The smallest absolute Gasteiger partial charge is 0.254 e. The number of carbonyl (C=O) groups excluding carboxylic acids is 1. The summed E-state index contributed by atoms with van der Waals surface area (Å²) in [7, 11) is -3.59. The zero-order valence-corrected chi connectivity index (χ0v) is 15.8. The Bertz CT molecular complexity index is 707. The van der Waals surface area contributed by atoms with Crippen molar-refractivity contribution in [3.8, 4) is 0 Å². The lowest BCUT2D eigenvalue weighted by Crippen LogP contribution is -2.52. The summed E-state index contributed by atoms with van der Waals surface area (Å²) in [5, 5.41) is 3.24. The van der Waals surface area contributed by atoms with E-state index in [0.29, 0.717) is 38.4 Å². The Kier molecular flexibility index (Phi) is 6.81. The molecule has 2 saturated heterocycles. The number of sulfonamides is 1. The second-order valence-corrected chi connectivity index (χ2v) is 8.03. The lowest BCUT2D eigenvalue weighted by molar-refractivity contribution is 0.0655. The average molecular weight is 390 g/mol. The summed E-state index contributed by atoms with van der Waals surface area (Å²) in [6.45, 7) is 5.59. The molecule has 7 nitrogen and oxygen atoms in total. The third-order valence-corrected chi connectivity index (χ3v) is 6.35. The number of nitrogens with one attached hydrogen (secondary N) is 1. The van der Waals surface area contributed by atoms with Gasteiger partial charge in [-0.15, -0.1) is 12.4 Å². The quantitative estimate of drug-likeness (QED) is 0.817. The number of nitrogens with zero attached hydrogens (tertiary/aromatic N) is 2. The van der Waals surface area contributed by atoms with Crippen LogP contribution in [0, 0.1) is 0 Å². The van der Waals surface area contributed by atoms with Crippen LogP contribution >= 0.6 is 12.4 Å². The van der Waals surface area contributed by atoms with E-state index in [4.69, 9.17) is 4.74 Å². The molecule has 0 aliphatic carbocycles. The summed E-state index contributed by atoms with van der Waals surface area (Å²) < 4.78 is 32.1. The number of morpholine rings is 1. The third-order valence-electron chi connectivity index (χ3n) is 4.45. The molecule has 1 atom stereocenters. The van der Waals surface area contributed by atoms with Crippen molar-refractivity contribution < 1.29 is 17.9 Å². The minimum atomic E-state index is -3.59. The summed E-state index contributed by atoms with van der Waals surface area (Å²) in [6, 6.07) is 6.43. The summed E-state index contributed by atoms with van der Waals surface area (Å²) in [5.41, 5.74) is 0.415. The highest BCUT2D eigenvalue weighted by molar-refractivity contribution is 7.89. The molecule has 0 spiro atoms. The molecular formula is C16H24ClN3O4S. The molecule has 0 aromatic heterocycles. The fourth-order valence-corrected chi connectivity index (χ4v) is 4.49. The van der Waals surface area contributed by atoms with E-state index in [-0.39, 0.29) is 29.3 Å². The van der Waals surface area contributed by atoms with E-state index < -0.39 is 10.0 Å². The van der Waals surface area contributed by atoms with E-state index in [0.717, 1.165) is 13.1 Å². The highest BCUT2D eigenvalue weighted by atomic mass is 35.5. The first-order valence-electron chi connectivity index (χ1n) is 8.20. The van der Waals surface area contributed by atoms with Crippen LogP contribution in [-0.2, 0) is 14.8 Å². The van der Waals surface area contributed by atoms with E-state index in [1.807, 2.05) is 6.92 Å². The first kappa shape index (κ1) is 20.1. The van der Waals surface area contributed by atoms with Crippen molar-refractivity contribution in [3.63, 3.8) is 0 Å². The van der Waals surface area contributed by atoms with Gasteiger partial charge in [0, 0.05) is 44.3 Å². The number of carbonyl (C=O) groups is 1. The van der Waals surface area contributed by atoms with Crippen molar-refractivity contribution in [1.82, 2.24) is 14.5 Å². The van der Waals surface area contributed by atoms with Crippen LogP contribution < -0.4 is 5.32 Å². The van der Waals surface area contributed by atoms with Crippen LogP contribution in [0.25, 0.3) is 0 Å². The number of hydrogen-bond acceptors (Lipinski definition) is 5. The van der Waals surface area contributed by atoms with Crippen molar-refractivity contribution in [3.05, 3.63) is 29.8 Å². The van der Waals surface area contributed by atoms with Crippen molar-refractivity contribution in [2.45, 2.75) is 17.9 Å². The summed E-state index contributed by atoms with van der Waals surface area (Å²) in [5.74, 6) is -0.122. The Balaban J connectivity index is 0.00000225. The highest BCUT2D eigenvalue weighted by Gasteiger charge is 2.28. The van der Waals surface area contributed by atoms with E-state index in [9.17, 15) is 13.2 Å². The minimum absolute atomic E-state index is 0. The molecule has 1 unspecified atom stereocenters. The molecule has 2 aliphatic rings. The predicted molar refractivity (Wildman–Crippen MR) is 96.6 cm³/mol. The van der Waals surface area contributed by atoms with Crippen LogP contribution in [0.5, 0.6) is 0 Å². The Hall–Kier alpha value is -1.19. The number of rotatable bonds is 3. The van der Waals surface area contributed by atoms with Crippen molar-refractivity contribution in [2.24, 2.45) is 0 Å². The number of benzene rings is 1. The molecule has 3 rings (SSSR count). The van der Waals surface area contributed by atoms with Gasteiger partial charge in [-0.05, 0) is 25.1 Å². The predicted octanol–water partition coefficient (Wildman–Crippen LogP) is 0.563. The molecule has 2 heterocycles. The van der Waals surface area contributed by atoms with Crippen LogP contribution in [0.2, 0.25) is 0 Å². The van der Waals surface area contributed by atoms with Crippen LogP contribution in [0.4, 0.5) is 0 Å². The second kappa shape index (κ2) is 8.46. The Morgan fingerprint density at radius 1 is 1.24 bits per heavy atom. The SMILES string of the molecule is CC1CNCCN1C(=O)c1cccc(S(=O)(=O)N2CCOCC2)c1.Cl. The monoisotopic (exact) mass is 389 g/mol. The standard InChI is InChI=1S/C16H23N3O4S.ClH/c1-13-12-17-5-6-19(13)16(20)14-3-2-4-15(11-14)24(21,22)18-7-9-23-10-8-18;/h2-4,11,13,17H,5-10,12H2,1H3;1H. The topological polar surface area (TPSA) is 79.0 Å². The fourth-order valence-electron chi connectivity index (χ4n) is 3.03. The maximum absolute atomic E-state index is 12.7. The van der Waals surface area contributed by atoms with Crippen molar-refractivity contribution in [1.29, 1.82) is 0 Å². The van der Waals surface area contributed by atoms with Gasteiger partial charge in [0.25, 0.3) is 5.91 Å². The lowest BCUT2D eigenvalue weighted by atomic mass is 10.1. The lowest BCUT2D eigenvalue weighted by Gasteiger charge is -2.34. The van der Waals surface area contributed by atoms with E-state index in [1.165, 1.54) is 10.4 Å². The minimum Gasteiger partial charge on any atom is -0.379 e. The summed E-state index contributed by atoms with van der Waals surface area (Å²) in [4.78, 5) is 14.7. The molecule has 0 radical (unpaired) electrons. The Morgan fingerprint density at radius 3 is 2.64 bits per heavy atom. The molecular weight excluding hydrogens is 366 g/mol. The maximum atomic E-state index is 12.7. The molecule has 1 aromatic carbocycles. The van der Waals surface area contributed by atoms with Gasteiger partial charge in [0.2, 0.25) is 10.0 Å². The second-order valence-electron chi connectivity index (χ2n) is 6.10. The first-order chi connectivity index (χ1) is 11.5. The first-order valence-corrected chi connectivity index (χ1v) is 9.64. The van der Waals surface area contributed by atoms with Crippen LogP contribution in [0.3, 0.4) is 0 Å². The molecule has 2 fully saturated rings. The molecule has 1 amide bonds. The Morgan fingerprint density at radius 2 is 1.96 bits per heavy atom. The number of amides is 1. The average Bonchev–Trinajstić information content (AvgIpc) is 2.62.